The molecule has 1 amide bonds. The Morgan fingerprint density at radius 2 is 0.625 bits per heavy atom. The van der Waals surface area contributed by atoms with Gasteiger partial charge in [-0.2, -0.15) is 0 Å². The number of hydrogen-bond acceptors (Lipinski definition) is 5. The summed E-state index contributed by atoms with van der Waals surface area (Å²) in [6.45, 7) is 4.97. The van der Waals surface area contributed by atoms with Gasteiger partial charge >= 0.3 is 5.97 Å². The quantitative estimate of drug-likeness (QED) is 0.0320. The lowest BCUT2D eigenvalue weighted by atomic mass is 10.0. The average Bonchev–Trinajstić information content (AvgIpc) is 3.46. The first-order chi connectivity index (χ1) is 39.5. The van der Waals surface area contributed by atoms with Crippen LogP contribution in [-0.2, 0) is 14.3 Å². The van der Waals surface area contributed by atoms with Gasteiger partial charge in [0.1, 0.15) is 0 Å². The van der Waals surface area contributed by atoms with E-state index in [2.05, 4.69) is 43.5 Å². The molecule has 6 nitrogen and oxygen atoms in total. The molecule has 3 N–H and O–H groups in total. The van der Waals surface area contributed by atoms with Crippen LogP contribution in [0.5, 0.6) is 0 Å². The van der Waals surface area contributed by atoms with Crippen molar-refractivity contribution in [1.82, 2.24) is 5.32 Å². The van der Waals surface area contributed by atoms with Crippen molar-refractivity contribution in [1.29, 1.82) is 0 Å². The monoisotopic (exact) mass is 1130 g/mol. The number of unbranched alkanes of at least 4 members (excludes halogenated alkanes) is 54. The number of allylic oxidation sites excluding steroid dienone is 4. The highest BCUT2D eigenvalue weighted by Gasteiger charge is 2.20. The van der Waals surface area contributed by atoms with E-state index >= 15 is 0 Å². The third-order valence-corrected chi connectivity index (χ3v) is 17.3. The number of ether oxygens (including phenoxy) is 1. The predicted molar refractivity (Wildman–Crippen MR) is 352 cm³/mol. The number of carbonyl (C=O) groups is 2. The molecule has 0 aromatic carbocycles. The van der Waals surface area contributed by atoms with E-state index in [-0.39, 0.29) is 18.5 Å². The molecule has 0 saturated carbocycles. The van der Waals surface area contributed by atoms with Crippen molar-refractivity contribution in [2.45, 2.75) is 424 Å². The standard InChI is InChI=1S/C74H143NO5/c1-3-5-7-9-11-13-15-17-19-21-22-23-24-26-29-32-35-38-42-46-50-54-58-62-66-72(77)71(70-76)75-73(78)67-63-59-55-51-47-43-39-36-33-30-27-25-28-31-34-37-41-45-49-53-57-61-65-69-80-74(79)68-64-60-56-52-48-44-40-20-18-16-14-12-10-8-6-4-2/h14,16,20,40,71-72,76-77H,3-13,15,17-19,21-39,41-70H2,1-2H3,(H,75,78)/b16-14-,40-20-. The van der Waals surface area contributed by atoms with Crippen molar-refractivity contribution >= 4 is 11.9 Å². The summed E-state index contributed by atoms with van der Waals surface area (Å²) in [5.41, 5.74) is 0. The predicted octanol–water partition coefficient (Wildman–Crippen LogP) is 23.7. The van der Waals surface area contributed by atoms with Gasteiger partial charge in [0.15, 0.2) is 0 Å². The Bertz CT molecular complexity index is 1250. The molecule has 0 rings (SSSR count). The molecule has 0 aromatic heterocycles. The van der Waals surface area contributed by atoms with Crippen LogP contribution < -0.4 is 5.32 Å². The van der Waals surface area contributed by atoms with Gasteiger partial charge in [-0.15, -0.1) is 0 Å². The van der Waals surface area contributed by atoms with Crippen molar-refractivity contribution in [3.05, 3.63) is 24.3 Å². The summed E-state index contributed by atoms with van der Waals surface area (Å²) in [5.74, 6) is -0.0275. The molecule has 0 heterocycles. The van der Waals surface area contributed by atoms with Gasteiger partial charge in [0.05, 0.1) is 25.4 Å². The number of nitrogens with one attached hydrogen (secondary N) is 1. The fraction of sp³-hybridized carbons (Fsp3) is 0.919. The van der Waals surface area contributed by atoms with Gasteiger partial charge < -0.3 is 20.3 Å². The maximum Gasteiger partial charge on any atom is 0.305 e. The summed E-state index contributed by atoms with van der Waals surface area (Å²) < 4.78 is 5.49. The van der Waals surface area contributed by atoms with Crippen LogP contribution in [0.4, 0.5) is 0 Å². The first kappa shape index (κ1) is 78.3. The number of hydrogen-bond donors (Lipinski definition) is 3. The molecule has 0 bridgehead atoms. The summed E-state index contributed by atoms with van der Waals surface area (Å²) in [6, 6.07) is -0.543. The second-order valence-corrected chi connectivity index (χ2v) is 25.3. The highest BCUT2D eigenvalue weighted by atomic mass is 16.5. The van der Waals surface area contributed by atoms with Crippen LogP contribution in [0.25, 0.3) is 0 Å². The van der Waals surface area contributed by atoms with Gasteiger partial charge in [-0.3, -0.25) is 9.59 Å². The third kappa shape index (κ3) is 65.5. The lowest BCUT2D eigenvalue weighted by Crippen LogP contribution is -2.45. The van der Waals surface area contributed by atoms with E-state index in [1.807, 2.05) is 0 Å². The highest BCUT2D eigenvalue weighted by molar-refractivity contribution is 5.76. The maximum atomic E-state index is 12.6. The zero-order valence-electron chi connectivity index (χ0n) is 54.3. The largest absolute Gasteiger partial charge is 0.466 e. The van der Waals surface area contributed by atoms with E-state index in [9.17, 15) is 19.8 Å². The van der Waals surface area contributed by atoms with Gasteiger partial charge in [0.2, 0.25) is 5.91 Å². The molecule has 2 unspecified atom stereocenters. The molecule has 0 saturated heterocycles. The van der Waals surface area contributed by atoms with Gasteiger partial charge in [-0.25, -0.2) is 0 Å². The lowest BCUT2D eigenvalue weighted by molar-refractivity contribution is -0.143. The van der Waals surface area contributed by atoms with Crippen LogP contribution >= 0.6 is 0 Å². The lowest BCUT2D eigenvalue weighted by Gasteiger charge is -2.22. The number of amides is 1. The molecule has 0 aliphatic heterocycles. The fourth-order valence-electron chi connectivity index (χ4n) is 11.7. The van der Waals surface area contributed by atoms with E-state index in [4.69, 9.17) is 4.74 Å². The zero-order valence-corrected chi connectivity index (χ0v) is 54.3. The normalized spacial score (nSPS) is 12.6. The Balaban J connectivity index is 3.38. The number of rotatable bonds is 69. The molecule has 2 atom stereocenters. The van der Waals surface area contributed by atoms with E-state index in [1.54, 1.807) is 0 Å². The second-order valence-electron chi connectivity index (χ2n) is 25.3. The van der Waals surface area contributed by atoms with Gasteiger partial charge in [0, 0.05) is 12.8 Å². The molecule has 6 heteroatoms. The summed E-state index contributed by atoms with van der Waals surface area (Å²) in [6.07, 6.45) is 88.0. The van der Waals surface area contributed by atoms with Gasteiger partial charge in [-0.05, 0) is 57.8 Å². The van der Waals surface area contributed by atoms with E-state index in [0.717, 1.165) is 51.4 Å². The Morgan fingerprint density at radius 3 is 0.963 bits per heavy atom. The fourth-order valence-corrected chi connectivity index (χ4v) is 11.7. The summed E-state index contributed by atoms with van der Waals surface area (Å²) >= 11 is 0. The number of esters is 1. The second kappa shape index (κ2) is 69.8. The molecule has 0 aliphatic rings. The number of aliphatic hydroxyl groups excluding tert-OH is 2. The average molecular weight is 1130 g/mol. The van der Waals surface area contributed by atoms with Crippen LogP contribution in [0, 0.1) is 0 Å². The first-order valence-corrected chi connectivity index (χ1v) is 36.6. The van der Waals surface area contributed by atoms with E-state index < -0.39 is 12.1 Å². The maximum absolute atomic E-state index is 12.6. The Labute approximate surface area is 501 Å². The Morgan fingerprint density at radius 1 is 0.350 bits per heavy atom. The first-order valence-electron chi connectivity index (χ1n) is 36.6. The van der Waals surface area contributed by atoms with Crippen molar-refractivity contribution in [3.63, 3.8) is 0 Å². The SMILES string of the molecule is CCCCCC/C=C\C/C=C\CCCCCCCC(=O)OCCCCCCCCCCCCCCCCCCCCCCCCCC(=O)NC(CO)C(O)CCCCCCCCCCCCCCCCCCCCCCCCCC. The van der Waals surface area contributed by atoms with Crippen molar-refractivity contribution in [2.24, 2.45) is 0 Å². The molecule has 0 fully saturated rings. The van der Waals surface area contributed by atoms with E-state index in [1.165, 1.54) is 327 Å². The minimum Gasteiger partial charge on any atom is -0.466 e. The number of carbonyl (C=O) groups excluding carboxylic acids is 2. The smallest absolute Gasteiger partial charge is 0.305 e. The summed E-state index contributed by atoms with van der Waals surface area (Å²) in [4.78, 5) is 24.6. The third-order valence-electron chi connectivity index (χ3n) is 17.3. The molecule has 80 heavy (non-hydrogen) atoms. The summed E-state index contributed by atoms with van der Waals surface area (Å²) in [7, 11) is 0. The van der Waals surface area contributed by atoms with Crippen LogP contribution in [0.2, 0.25) is 0 Å². The zero-order chi connectivity index (χ0) is 57.8. The van der Waals surface area contributed by atoms with Gasteiger partial charge in [0.25, 0.3) is 0 Å². The summed E-state index contributed by atoms with van der Waals surface area (Å²) in [5, 5.41) is 23.5. The van der Waals surface area contributed by atoms with Crippen LogP contribution in [0.3, 0.4) is 0 Å². The van der Waals surface area contributed by atoms with Crippen molar-refractivity contribution in [2.75, 3.05) is 13.2 Å². The molecule has 0 spiro atoms. The molecule has 0 aliphatic carbocycles. The van der Waals surface area contributed by atoms with Gasteiger partial charge in [-0.1, -0.05) is 366 Å². The van der Waals surface area contributed by atoms with Crippen molar-refractivity contribution < 1.29 is 24.5 Å². The highest BCUT2D eigenvalue weighted by Crippen LogP contribution is 2.19. The number of aliphatic hydroxyl groups is 2. The minimum atomic E-state index is -0.666. The van der Waals surface area contributed by atoms with Crippen LogP contribution in [0.1, 0.15) is 412 Å². The molecule has 0 aromatic rings. The Hall–Kier alpha value is -1.66. The molecular formula is C74H143NO5. The van der Waals surface area contributed by atoms with Crippen LogP contribution in [0.15, 0.2) is 24.3 Å². The minimum absolute atomic E-state index is 0.00205. The Kier molecular flexibility index (Phi) is 68.4. The van der Waals surface area contributed by atoms with Crippen molar-refractivity contribution in [3.8, 4) is 0 Å². The molecule has 0 radical (unpaired) electrons. The molecule has 474 valence electrons. The van der Waals surface area contributed by atoms with Crippen LogP contribution in [-0.4, -0.2) is 47.4 Å². The van der Waals surface area contributed by atoms with E-state index in [0.29, 0.717) is 25.9 Å². The topological polar surface area (TPSA) is 95.9 Å². The molecular weight excluding hydrogens is 983 g/mol.